The Balaban J connectivity index is 1.66. The first kappa shape index (κ1) is 18.7. The van der Waals surface area contributed by atoms with Gasteiger partial charge in [0.05, 0.1) is 23.8 Å². The summed E-state index contributed by atoms with van der Waals surface area (Å²) in [7, 11) is 0. The van der Waals surface area contributed by atoms with Gasteiger partial charge in [0.15, 0.2) is 0 Å². The molecule has 0 N–H and O–H groups in total. The fourth-order valence-corrected chi connectivity index (χ4v) is 3.99. The average molecular weight is 377 g/mol. The largest absolute Gasteiger partial charge is 0.352 e. The van der Waals surface area contributed by atoms with Gasteiger partial charge in [0.2, 0.25) is 0 Å². The minimum absolute atomic E-state index is 0.0394. The maximum absolute atomic E-state index is 12.4. The van der Waals surface area contributed by atoms with E-state index in [0.29, 0.717) is 6.54 Å². The monoisotopic (exact) mass is 376 g/mol. The topological polar surface area (TPSA) is 51.0 Å². The molecule has 1 aliphatic rings. The lowest BCUT2D eigenvalue weighted by molar-refractivity contribution is 0.456. The van der Waals surface area contributed by atoms with Crippen LogP contribution in [0.5, 0.6) is 0 Å². The Labute approximate surface area is 166 Å². The Morgan fingerprint density at radius 3 is 2.71 bits per heavy atom. The summed E-state index contributed by atoms with van der Waals surface area (Å²) >= 11 is 0. The summed E-state index contributed by atoms with van der Waals surface area (Å²) in [5.74, 6) is 0.999. The van der Waals surface area contributed by atoms with Gasteiger partial charge in [-0.3, -0.25) is 4.79 Å². The lowest BCUT2D eigenvalue weighted by Gasteiger charge is -2.27. The fourth-order valence-electron chi connectivity index (χ4n) is 3.99. The highest BCUT2D eigenvalue weighted by atomic mass is 16.1. The number of hydrogen-bond donors (Lipinski definition) is 0. The average Bonchev–Trinajstić information content (AvgIpc) is 3.11. The summed E-state index contributed by atoms with van der Waals surface area (Å²) < 4.78 is 1.64. The summed E-state index contributed by atoms with van der Waals surface area (Å²) in [6, 6.07) is 14.2. The number of nitrogens with zero attached hydrogens (tertiary/aromatic N) is 4. The minimum Gasteiger partial charge on any atom is -0.352 e. The molecule has 0 amide bonds. The molecule has 1 atom stereocenters. The van der Waals surface area contributed by atoms with Crippen LogP contribution >= 0.6 is 0 Å². The highest BCUT2D eigenvalue weighted by Gasteiger charge is 2.27. The molecule has 146 valence electrons. The molecule has 1 aliphatic heterocycles. The zero-order chi connectivity index (χ0) is 19.9. The number of hydrogen-bond acceptors (Lipinski definition) is 4. The van der Waals surface area contributed by atoms with Gasteiger partial charge in [0, 0.05) is 23.4 Å². The van der Waals surface area contributed by atoms with Crippen molar-refractivity contribution in [3.8, 4) is 0 Å². The Morgan fingerprint density at radius 1 is 1.14 bits per heavy atom. The SMILES string of the molecule is Cc1cc(N2CCCC2Cn2nc(C(C)(C)C)ccc2=O)nc2ccccc12. The predicted molar refractivity (Wildman–Crippen MR) is 114 cm³/mol. The van der Waals surface area contributed by atoms with E-state index in [-0.39, 0.29) is 17.0 Å². The van der Waals surface area contributed by atoms with E-state index in [9.17, 15) is 4.79 Å². The van der Waals surface area contributed by atoms with Crippen molar-refractivity contribution < 1.29 is 0 Å². The highest BCUT2D eigenvalue weighted by Crippen LogP contribution is 2.28. The van der Waals surface area contributed by atoms with E-state index < -0.39 is 0 Å². The van der Waals surface area contributed by atoms with E-state index in [1.165, 1.54) is 10.9 Å². The van der Waals surface area contributed by atoms with Gasteiger partial charge in [0.25, 0.3) is 5.56 Å². The molecule has 0 spiro atoms. The summed E-state index contributed by atoms with van der Waals surface area (Å²) in [5, 5.41) is 5.85. The van der Waals surface area contributed by atoms with Crippen LogP contribution in [0.4, 0.5) is 5.82 Å². The smallest absolute Gasteiger partial charge is 0.266 e. The molecular weight excluding hydrogens is 348 g/mol. The molecule has 4 rings (SSSR count). The van der Waals surface area contributed by atoms with Crippen LogP contribution in [0.1, 0.15) is 44.9 Å². The number of benzene rings is 1. The Hall–Kier alpha value is -2.69. The number of aromatic nitrogens is 3. The van der Waals surface area contributed by atoms with E-state index in [1.54, 1.807) is 10.7 Å². The molecule has 5 nitrogen and oxygen atoms in total. The Morgan fingerprint density at radius 2 is 1.93 bits per heavy atom. The molecule has 1 aromatic carbocycles. The third-order valence-corrected chi connectivity index (χ3v) is 5.60. The first-order valence-corrected chi connectivity index (χ1v) is 10.0. The van der Waals surface area contributed by atoms with Gasteiger partial charge >= 0.3 is 0 Å². The van der Waals surface area contributed by atoms with Gasteiger partial charge in [-0.2, -0.15) is 5.10 Å². The second-order valence-electron chi connectivity index (χ2n) is 8.79. The van der Waals surface area contributed by atoms with Crippen molar-refractivity contribution in [3.63, 3.8) is 0 Å². The predicted octanol–water partition coefficient (Wildman–Crippen LogP) is 4.07. The van der Waals surface area contributed by atoms with Crippen LogP contribution in [0, 0.1) is 6.92 Å². The Bertz CT molecular complexity index is 1060. The standard InChI is InChI=1S/C23H28N4O/c1-16-14-21(24-19-10-6-5-9-18(16)19)26-13-7-8-17(26)15-27-22(28)12-11-20(25-27)23(2,3)4/h5-6,9-12,14,17H,7-8,13,15H2,1-4H3. The third kappa shape index (κ3) is 3.53. The van der Waals surface area contributed by atoms with Crippen molar-refractivity contribution in [3.05, 3.63) is 64.1 Å². The van der Waals surface area contributed by atoms with Crippen LogP contribution in [-0.4, -0.2) is 27.4 Å². The number of pyridine rings is 1. The second-order valence-corrected chi connectivity index (χ2v) is 8.79. The molecule has 3 heterocycles. The van der Waals surface area contributed by atoms with Gasteiger partial charge in [-0.25, -0.2) is 9.67 Å². The van der Waals surface area contributed by atoms with Crippen LogP contribution in [0.15, 0.2) is 47.3 Å². The van der Waals surface area contributed by atoms with E-state index >= 15 is 0 Å². The molecule has 0 aliphatic carbocycles. The molecule has 0 radical (unpaired) electrons. The number of para-hydroxylation sites is 1. The highest BCUT2D eigenvalue weighted by molar-refractivity contribution is 5.83. The van der Waals surface area contributed by atoms with Crippen molar-refractivity contribution in [1.82, 2.24) is 14.8 Å². The molecule has 28 heavy (non-hydrogen) atoms. The quantitative estimate of drug-likeness (QED) is 0.691. The lowest BCUT2D eigenvalue weighted by atomic mass is 9.92. The zero-order valence-electron chi connectivity index (χ0n) is 17.1. The van der Waals surface area contributed by atoms with Crippen LogP contribution in [0.2, 0.25) is 0 Å². The van der Waals surface area contributed by atoms with Gasteiger partial charge in [0.1, 0.15) is 5.82 Å². The van der Waals surface area contributed by atoms with Crippen molar-refractivity contribution in [1.29, 1.82) is 0 Å². The molecule has 1 fully saturated rings. The zero-order valence-corrected chi connectivity index (χ0v) is 17.1. The van der Waals surface area contributed by atoms with Gasteiger partial charge < -0.3 is 4.90 Å². The molecule has 5 heteroatoms. The van der Waals surface area contributed by atoms with Crippen LogP contribution < -0.4 is 10.5 Å². The van der Waals surface area contributed by atoms with Crippen LogP contribution in [-0.2, 0) is 12.0 Å². The van der Waals surface area contributed by atoms with Crippen LogP contribution in [0.25, 0.3) is 10.9 Å². The number of rotatable bonds is 3. The minimum atomic E-state index is -0.0815. The first-order chi connectivity index (χ1) is 13.3. The summed E-state index contributed by atoms with van der Waals surface area (Å²) in [6.45, 7) is 10.0. The molecular formula is C23H28N4O. The maximum Gasteiger partial charge on any atom is 0.266 e. The number of anilines is 1. The summed E-state index contributed by atoms with van der Waals surface area (Å²) in [4.78, 5) is 19.7. The Kier molecular flexibility index (Phi) is 4.69. The van der Waals surface area contributed by atoms with E-state index in [1.807, 2.05) is 12.1 Å². The number of fused-ring (bicyclic) bond motifs is 1. The number of aryl methyl sites for hydroxylation is 1. The summed E-state index contributed by atoms with van der Waals surface area (Å²) in [5.41, 5.74) is 3.07. The molecule has 1 saturated heterocycles. The normalized spacial score (nSPS) is 17.4. The van der Waals surface area contributed by atoms with Gasteiger partial charge in [-0.1, -0.05) is 39.0 Å². The van der Waals surface area contributed by atoms with Crippen molar-refractivity contribution >= 4 is 16.7 Å². The maximum atomic E-state index is 12.4. The molecule has 0 bridgehead atoms. The van der Waals surface area contributed by atoms with E-state index in [4.69, 9.17) is 4.98 Å². The van der Waals surface area contributed by atoms with Crippen molar-refractivity contribution in [2.24, 2.45) is 0 Å². The lowest BCUT2D eigenvalue weighted by Crippen LogP contribution is -2.38. The van der Waals surface area contributed by atoms with Crippen LogP contribution in [0.3, 0.4) is 0 Å². The molecule has 1 unspecified atom stereocenters. The molecule has 2 aromatic heterocycles. The first-order valence-electron chi connectivity index (χ1n) is 10.0. The second kappa shape index (κ2) is 7.04. The molecule has 0 saturated carbocycles. The summed E-state index contributed by atoms with van der Waals surface area (Å²) in [6.07, 6.45) is 2.15. The fraction of sp³-hybridized carbons (Fsp3) is 0.435. The van der Waals surface area contributed by atoms with Crippen molar-refractivity contribution in [2.75, 3.05) is 11.4 Å². The van der Waals surface area contributed by atoms with Gasteiger partial charge in [-0.05, 0) is 43.5 Å². The molecule has 3 aromatic rings. The third-order valence-electron chi connectivity index (χ3n) is 5.60. The van der Waals surface area contributed by atoms with E-state index in [0.717, 1.165) is 36.4 Å². The van der Waals surface area contributed by atoms with Gasteiger partial charge in [-0.15, -0.1) is 0 Å². The van der Waals surface area contributed by atoms with E-state index in [2.05, 4.69) is 62.0 Å². The van der Waals surface area contributed by atoms with Crippen molar-refractivity contribution in [2.45, 2.75) is 58.5 Å².